The van der Waals surface area contributed by atoms with Crippen molar-refractivity contribution in [2.45, 2.75) is 31.6 Å². The van der Waals surface area contributed by atoms with Crippen molar-refractivity contribution in [3.8, 4) is 11.5 Å². The molecule has 1 N–H and O–H groups in total. The first-order valence-electron chi connectivity index (χ1n) is 10.0. The van der Waals surface area contributed by atoms with Gasteiger partial charge in [-0.25, -0.2) is 8.42 Å². The minimum absolute atomic E-state index is 0.184. The monoisotopic (exact) mass is 430 g/mol. The van der Waals surface area contributed by atoms with Gasteiger partial charge < -0.3 is 14.4 Å². The van der Waals surface area contributed by atoms with Crippen LogP contribution in [0.3, 0.4) is 0 Å². The average molecular weight is 431 g/mol. The highest BCUT2D eigenvalue weighted by atomic mass is 32.2. The second kappa shape index (κ2) is 8.18. The molecule has 0 spiro atoms. The molecule has 30 heavy (non-hydrogen) atoms. The topological polar surface area (TPSA) is 84.9 Å². The van der Waals surface area contributed by atoms with Crippen LogP contribution in [0.5, 0.6) is 11.5 Å². The highest BCUT2D eigenvalue weighted by molar-refractivity contribution is 7.91. The Morgan fingerprint density at radius 2 is 1.83 bits per heavy atom. The molecule has 2 aromatic carbocycles. The van der Waals surface area contributed by atoms with E-state index in [0.29, 0.717) is 29.3 Å². The van der Waals surface area contributed by atoms with Gasteiger partial charge in [-0.2, -0.15) is 0 Å². The van der Waals surface area contributed by atoms with Gasteiger partial charge in [-0.1, -0.05) is 12.1 Å². The molecule has 8 heteroatoms. The summed E-state index contributed by atoms with van der Waals surface area (Å²) in [5, 5.41) is 0. The first-order chi connectivity index (χ1) is 14.4. The quantitative estimate of drug-likeness (QED) is 0.730. The van der Waals surface area contributed by atoms with Crippen LogP contribution in [0.25, 0.3) is 0 Å². The number of nitrogens with one attached hydrogen (secondary N) is 1. The number of anilines is 1. The van der Waals surface area contributed by atoms with Crippen molar-refractivity contribution in [2.75, 3.05) is 25.5 Å². The zero-order valence-electron chi connectivity index (χ0n) is 17.2. The lowest BCUT2D eigenvalue weighted by Crippen LogP contribution is -2.36. The number of ether oxygens (including phenoxy) is 2. The van der Waals surface area contributed by atoms with Crippen LogP contribution in [0.2, 0.25) is 0 Å². The Kier molecular flexibility index (Phi) is 5.60. The summed E-state index contributed by atoms with van der Waals surface area (Å²) >= 11 is 0. The van der Waals surface area contributed by atoms with Gasteiger partial charge in [0.05, 0.1) is 20.0 Å². The van der Waals surface area contributed by atoms with Gasteiger partial charge >= 0.3 is 0 Å². The molecule has 2 aliphatic rings. The van der Waals surface area contributed by atoms with Gasteiger partial charge in [-0.05, 0) is 60.2 Å². The maximum absolute atomic E-state index is 12.7. The molecule has 1 saturated carbocycles. The number of hydrogen-bond donors (Lipinski definition) is 1. The third-order valence-electron chi connectivity index (χ3n) is 5.53. The maximum Gasteiger partial charge on any atom is 0.236 e. The van der Waals surface area contributed by atoms with Gasteiger partial charge in [0, 0.05) is 24.7 Å². The maximum atomic E-state index is 12.7. The van der Waals surface area contributed by atoms with Crippen LogP contribution in [0, 0.1) is 5.92 Å². The molecule has 160 valence electrons. The molecule has 0 bridgehead atoms. The van der Waals surface area contributed by atoms with Crippen LogP contribution in [0.15, 0.2) is 36.4 Å². The Balaban J connectivity index is 1.47. The van der Waals surface area contributed by atoms with Crippen LogP contribution in [0.1, 0.15) is 29.5 Å². The molecule has 0 atom stereocenters. The van der Waals surface area contributed by atoms with Gasteiger partial charge in [0.25, 0.3) is 0 Å². The van der Waals surface area contributed by atoms with E-state index >= 15 is 0 Å². The van der Waals surface area contributed by atoms with Gasteiger partial charge in [0.1, 0.15) is 0 Å². The fourth-order valence-electron chi connectivity index (χ4n) is 3.80. The standard InChI is InChI=1S/C22H26N2O5S/c1-28-20-8-3-15(11-21(20)29-2)14-30(26,27)23-19-7-6-16-9-10-24(13-18(16)12-19)22(25)17-4-5-17/h3,6-8,11-12,17,23H,4-5,9-10,13-14H2,1-2H3. The molecular weight excluding hydrogens is 404 g/mol. The van der Waals surface area contributed by atoms with Crippen molar-refractivity contribution in [1.29, 1.82) is 0 Å². The number of rotatable bonds is 7. The predicted molar refractivity (Wildman–Crippen MR) is 114 cm³/mol. The van der Waals surface area contributed by atoms with Crippen LogP contribution < -0.4 is 14.2 Å². The van der Waals surface area contributed by atoms with Crippen molar-refractivity contribution >= 4 is 21.6 Å². The van der Waals surface area contributed by atoms with E-state index in [1.807, 2.05) is 17.0 Å². The summed E-state index contributed by atoms with van der Waals surface area (Å²) in [4.78, 5) is 14.3. The molecule has 1 amide bonds. The SMILES string of the molecule is COc1ccc(CS(=O)(=O)Nc2ccc3c(c2)CN(C(=O)C2CC2)CC3)cc1OC. The summed E-state index contributed by atoms with van der Waals surface area (Å²) in [6.07, 6.45) is 2.77. The molecule has 0 aromatic heterocycles. The Labute approximate surface area is 177 Å². The van der Waals surface area contributed by atoms with E-state index in [0.717, 1.165) is 36.9 Å². The number of amides is 1. The van der Waals surface area contributed by atoms with Gasteiger partial charge in [0.2, 0.25) is 15.9 Å². The van der Waals surface area contributed by atoms with Gasteiger partial charge in [-0.15, -0.1) is 0 Å². The Morgan fingerprint density at radius 3 is 2.53 bits per heavy atom. The second-order valence-corrected chi connectivity index (χ2v) is 9.54. The minimum atomic E-state index is -3.62. The molecular formula is C22H26N2O5S. The summed E-state index contributed by atoms with van der Waals surface area (Å²) in [6, 6.07) is 10.6. The first kappa shape index (κ1) is 20.5. The number of methoxy groups -OCH3 is 2. The molecule has 0 unspecified atom stereocenters. The molecule has 1 fully saturated rings. The van der Waals surface area contributed by atoms with E-state index in [1.165, 1.54) is 14.2 Å². The van der Waals surface area contributed by atoms with Crippen molar-refractivity contribution in [1.82, 2.24) is 4.90 Å². The van der Waals surface area contributed by atoms with Crippen molar-refractivity contribution < 1.29 is 22.7 Å². The third-order valence-corrected chi connectivity index (χ3v) is 6.79. The molecule has 2 aromatic rings. The largest absolute Gasteiger partial charge is 0.493 e. The number of carbonyl (C=O) groups excluding carboxylic acids is 1. The van der Waals surface area contributed by atoms with Crippen molar-refractivity contribution in [3.05, 3.63) is 53.1 Å². The third kappa shape index (κ3) is 4.53. The number of benzene rings is 2. The highest BCUT2D eigenvalue weighted by Crippen LogP contribution is 2.33. The van der Waals surface area contributed by atoms with E-state index in [4.69, 9.17) is 9.47 Å². The lowest BCUT2D eigenvalue weighted by molar-refractivity contribution is -0.133. The zero-order chi connectivity index (χ0) is 21.3. The Bertz CT molecular complexity index is 1060. The summed E-state index contributed by atoms with van der Waals surface area (Å²) < 4.78 is 38.5. The summed E-state index contributed by atoms with van der Waals surface area (Å²) in [5.41, 5.74) is 3.27. The number of fused-ring (bicyclic) bond motifs is 1. The van der Waals surface area contributed by atoms with Gasteiger partial charge in [0.15, 0.2) is 11.5 Å². The van der Waals surface area contributed by atoms with Crippen molar-refractivity contribution in [3.63, 3.8) is 0 Å². The second-order valence-electron chi connectivity index (χ2n) is 7.82. The summed E-state index contributed by atoms with van der Waals surface area (Å²) in [5.74, 6) is 1.26. The van der Waals surface area contributed by atoms with Gasteiger partial charge in [-0.3, -0.25) is 9.52 Å². The normalized spacial score (nSPS) is 16.0. The molecule has 1 aliphatic heterocycles. The van der Waals surface area contributed by atoms with Crippen LogP contribution >= 0.6 is 0 Å². The lowest BCUT2D eigenvalue weighted by Gasteiger charge is -2.29. The van der Waals surface area contributed by atoms with E-state index in [9.17, 15) is 13.2 Å². The number of carbonyl (C=O) groups is 1. The first-order valence-corrected chi connectivity index (χ1v) is 11.7. The molecule has 0 saturated heterocycles. The van der Waals surface area contributed by atoms with E-state index < -0.39 is 10.0 Å². The fraction of sp³-hybridized carbons (Fsp3) is 0.409. The van der Waals surface area contributed by atoms with Crippen LogP contribution in [-0.4, -0.2) is 40.0 Å². The lowest BCUT2D eigenvalue weighted by atomic mass is 9.99. The number of hydrogen-bond acceptors (Lipinski definition) is 5. The van der Waals surface area contributed by atoms with Crippen LogP contribution in [-0.2, 0) is 33.5 Å². The van der Waals surface area contributed by atoms with E-state index in [2.05, 4.69) is 4.72 Å². The smallest absolute Gasteiger partial charge is 0.236 e. The molecule has 1 aliphatic carbocycles. The average Bonchev–Trinajstić information content (AvgIpc) is 3.57. The molecule has 7 nitrogen and oxygen atoms in total. The van der Waals surface area contributed by atoms with E-state index in [-0.39, 0.29) is 17.6 Å². The van der Waals surface area contributed by atoms with E-state index in [1.54, 1.807) is 24.3 Å². The summed E-state index contributed by atoms with van der Waals surface area (Å²) in [6.45, 7) is 1.27. The predicted octanol–water partition coefficient (Wildman–Crippen LogP) is 2.94. The summed E-state index contributed by atoms with van der Waals surface area (Å²) in [7, 11) is -0.573. The zero-order valence-corrected chi connectivity index (χ0v) is 18.0. The molecule has 4 rings (SSSR count). The Morgan fingerprint density at radius 1 is 1.07 bits per heavy atom. The van der Waals surface area contributed by atoms with Crippen molar-refractivity contribution in [2.24, 2.45) is 5.92 Å². The molecule has 1 heterocycles. The molecule has 0 radical (unpaired) electrons. The number of nitrogens with zero attached hydrogens (tertiary/aromatic N) is 1. The van der Waals surface area contributed by atoms with Crippen LogP contribution in [0.4, 0.5) is 5.69 Å². The fourth-order valence-corrected chi connectivity index (χ4v) is 4.98. The Hall–Kier alpha value is -2.74. The highest BCUT2D eigenvalue weighted by Gasteiger charge is 2.34. The minimum Gasteiger partial charge on any atom is -0.493 e. The number of sulfonamides is 1.